The Morgan fingerprint density at radius 1 is 1.16 bits per heavy atom. The van der Waals surface area contributed by atoms with Crippen LogP contribution in [-0.4, -0.2) is 0 Å². The topological polar surface area (TPSA) is 12.0 Å². The minimum atomic E-state index is -0.437. The summed E-state index contributed by atoms with van der Waals surface area (Å²) in [5.74, 6) is -0.847. The molecule has 100 valence electrons. The van der Waals surface area contributed by atoms with Crippen LogP contribution < -0.4 is 5.32 Å². The molecule has 0 bridgehead atoms. The third-order valence-electron chi connectivity index (χ3n) is 2.93. The molecule has 1 atom stereocenters. The molecule has 0 aliphatic rings. The number of rotatable bonds is 4. The summed E-state index contributed by atoms with van der Waals surface area (Å²) in [6, 6.07) is 10.6. The van der Waals surface area contributed by atoms with Crippen molar-refractivity contribution < 1.29 is 8.78 Å². The third kappa shape index (κ3) is 3.75. The Kier molecular flexibility index (Phi) is 4.51. The predicted octanol–water partition coefficient (Wildman–Crippen LogP) is 4.47. The highest BCUT2D eigenvalue weighted by atomic mass is 35.5. The summed E-state index contributed by atoms with van der Waals surface area (Å²) in [6.45, 7) is 2.33. The molecule has 0 spiro atoms. The smallest absolute Gasteiger partial charge is 0.128 e. The Bertz CT molecular complexity index is 572. The number of halogens is 3. The lowest BCUT2D eigenvalue weighted by atomic mass is 10.1. The van der Waals surface area contributed by atoms with Gasteiger partial charge in [-0.15, -0.1) is 0 Å². The summed E-state index contributed by atoms with van der Waals surface area (Å²) in [4.78, 5) is 0. The van der Waals surface area contributed by atoms with E-state index in [-0.39, 0.29) is 6.04 Å². The summed E-state index contributed by atoms with van der Waals surface area (Å²) >= 11 is 5.89. The number of hydrogen-bond donors (Lipinski definition) is 1. The number of benzene rings is 2. The van der Waals surface area contributed by atoms with E-state index in [2.05, 4.69) is 5.32 Å². The molecule has 0 heterocycles. The molecule has 1 unspecified atom stereocenters. The van der Waals surface area contributed by atoms with Crippen LogP contribution >= 0.6 is 11.6 Å². The lowest BCUT2D eigenvalue weighted by Crippen LogP contribution is -2.19. The van der Waals surface area contributed by atoms with Gasteiger partial charge in [0.2, 0.25) is 0 Å². The second kappa shape index (κ2) is 6.13. The highest BCUT2D eigenvalue weighted by molar-refractivity contribution is 6.30. The lowest BCUT2D eigenvalue weighted by Gasteiger charge is -2.15. The van der Waals surface area contributed by atoms with E-state index in [1.165, 1.54) is 6.07 Å². The summed E-state index contributed by atoms with van der Waals surface area (Å²) < 4.78 is 26.7. The lowest BCUT2D eigenvalue weighted by molar-refractivity contribution is 0.518. The van der Waals surface area contributed by atoms with Crippen LogP contribution in [0.3, 0.4) is 0 Å². The van der Waals surface area contributed by atoms with Gasteiger partial charge >= 0.3 is 0 Å². The molecule has 1 nitrogen and oxygen atoms in total. The van der Waals surface area contributed by atoms with Gasteiger partial charge in [0.25, 0.3) is 0 Å². The molecule has 2 aromatic carbocycles. The number of hydrogen-bond acceptors (Lipinski definition) is 1. The maximum Gasteiger partial charge on any atom is 0.128 e. The molecule has 19 heavy (non-hydrogen) atoms. The van der Waals surface area contributed by atoms with Gasteiger partial charge in [-0.3, -0.25) is 0 Å². The van der Waals surface area contributed by atoms with E-state index in [9.17, 15) is 8.78 Å². The van der Waals surface area contributed by atoms with E-state index in [1.807, 2.05) is 18.2 Å². The summed E-state index contributed by atoms with van der Waals surface area (Å²) in [7, 11) is 0. The third-order valence-corrected chi connectivity index (χ3v) is 3.16. The van der Waals surface area contributed by atoms with E-state index < -0.39 is 11.6 Å². The van der Waals surface area contributed by atoms with Crippen molar-refractivity contribution in [3.05, 3.63) is 70.2 Å². The molecule has 4 heteroatoms. The average molecular weight is 282 g/mol. The zero-order chi connectivity index (χ0) is 13.8. The molecule has 2 aromatic rings. The molecular weight excluding hydrogens is 268 g/mol. The van der Waals surface area contributed by atoms with Crippen molar-refractivity contribution in [2.75, 3.05) is 0 Å². The van der Waals surface area contributed by atoms with E-state index >= 15 is 0 Å². The fraction of sp³-hybridized carbons (Fsp3) is 0.200. The first kappa shape index (κ1) is 14.0. The average Bonchev–Trinajstić information content (AvgIpc) is 2.39. The van der Waals surface area contributed by atoms with Crippen molar-refractivity contribution in [2.45, 2.75) is 19.5 Å². The molecule has 0 radical (unpaired) electrons. The molecule has 0 saturated heterocycles. The van der Waals surface area contributed by atoms with Crippen molar-refractivity contribution in [1.82, 2.24) is 5.32 Å². The molecule has 0 amide bonds. The van der Waals surface area contributed by atoms with Gasteiger partial charge in [-0.1, -0.05) is 23.7 Å². The van der Waals surface area contributed by atoms with E-state index in [0.29, 0.717) is 17.1 Å². The van der Waals surface area contributed by atoms with Gasteiger partial charge < -0.3 is 5.32 Å². The Morgan fingerprint density at radius 3 is 2.68 bits per heavy atom. The molecule has 0 aliphatic carbocycles. The minimum Gasteiger partial charge on any atom is -0.306 e. The standard InChI is InChI=1S/C15H14ClF2N/c1-10(14-8-13(17)5-6-15(14)18)19-9-11-3-2-4-12(16)7-11/h2-8,10,19H,9H2,1H3. The van der Waals surface area contributed by atoms with Crippen LogP contribution in [0.1, 0.15) is 24.1 Å². The van der Waals surface area contributed by atoms with Crippen LogP contribution in [0.5, 0.6) is 0 Å². The van der Waals surface area contributed by atoms with E-state index in [0.717, 1.165) is 17.7 Å². The van der Waals surface area contributed by atoms with Crippen molar-refractivity contribution in [1.29, 1.82) is 0 Å². The van der Waals surface area contributed by atoms with Crippen LogP contribution in [0.25, 0.3) is 0 Å². The first-order chi connectivity index (χ1) is 9.06. The van der Waals surface area contributed by atoms with Gasteiger partial charge in [-0.05, 0) is 42.8 Å². The van der Waals surface area contributed by atoms with Crippen molar-refractivity contribution >= 4 is 11.6 Å². The Hall–Kier alpha value is -1.45. The zero-order valence-electron chi connectivity index (χ0n) is 10.5. The van der Waals surface area contributed by atoms with Crippen LogP contribution in [0.4, 0.5) is 8.78 Å². The highest BCUT2D eigenvalue weighted by Gasteiger charge is 2.11. The first-order valence-electron chi connectivity index (χ1n) is 5.99. The summed E-state index contributed by atoms with van der Waals surface area (Å²) in [5, 5.41) is 3.80. The molecular formula is C15H14ClF2N. The quantitative estimate of drug-likeness (QED) is 0.872. The monoisotopic (exact) mass is 281 g/mol. The van der Waals surface area contributed by atoms with Crippen molar-refractivity contribution in [2.24, 2.45) is 0 Å². The van der Waals surface area contributed by atoms with Gasteiger partial charge in [0, 0.05) is 23.2 Å². The van der Waals surface area contributed by atoms with Crippen LogP contribution in [0.15, 0.2) is 42.5 Å². The Balaban J connectivity index is 2.05. The van der Waals surface area contributed by atoms with Gasteiger partial charge in [0.1, 0.15) is 11.6 Å². The minimum absolute atomic E-state index is 0.283. The second-order valence-corrected chi connectivity index (χ2v) is 4.83. The van der Waals surface area contributed by atoms with Gasteiger partial charge in [-0.25, -0.2) is 8.78 Å². The van der Waals surface area contributed by atoms with Crippen molar-refractivity contribution in [3.8, 4) is 0 Å². The second-order valence-electron chi connectivity index (χ2n) is 4.40. The largest absolute Gasteiger partial charge is 0.306 e. The fourth-order valence-electron chi connectivity index (χ4n) is 1.87. The normalized spacial score (nSPS) is 12.4. The van der Waals surface area contributed by atoms with Crippen molar-refractivity contribution in [3.63, 3.8) is 0 Å². The molecule has 0 fully saturated rings. The van der Waals surface area contributed by atoms with E-state index in [1.54, 1.807) is 13.0 Å². The molecule has 0 saturated carbocycles. The fourth-order valence-corrected chi connectivity index (χ4v) is 2.09. The maximum absolute atomic E-state index is 13.6. The SMILES string of the molecule is CC(NCc1cccc(Cl)c1)c1cc(F)ccc1F. The van der Waals surface area contributed by atoms with Crippen LogP contribution in [0.2, 0.25) is 5.02 Å². The summed E-state index contributed by atoms with van der Waals surface area (Å²) in [5.41, 5.74) is 1.32. The first-order valence-corrected chi connectivity index (χ1v) is 6.37. The Morgan fingerprint density at radius 2 is 1.95 bits per heavy atom. The molecule has 0 aromatic heterocycles. The van der Waals surface area contributed by atoms with Crippen LogP contribution in [-0.2, 0) is 6.54 Å². The highest BCUT2D eigenvalue weighted by Crippen LogP contribution is 2.19. The zero-order valence-corrected chi connectivity index (χ0v) is 11.2. The number of nitrogens with one attached hydrogen (secondary N) is 1. The van der Waals surface area contributed by atoms with Crippen LogP contribution in [0, 0.1) is 11.6 Å². The molecule has 2 rings (SSSR count). The predicted molar refractivity (Wildman–Crippen MR) is 73.1 cm³/mol. The maximum atomic E-state index is 13.6. The van der Waals surface area contributed by atoms with Gasteiger partial charge in [0.05, 0.1) is 0 Å². The van der Waals surface area contributed by atoms with Gasteiger partial charge in [-0.2, -0.15) is 0 Å². The summed E-state index contributed by atoms with van der Waals surface area (Å²) in [6.07, 6.45) is 0. The molecule has 0 aliphatic heterocycles. The van der Waals surface area contributed by atoms with Gasteiger partial charge in [0.15, 0.2) is 0 Å². The van der Waals surface area contributed by atoms with E-state index in [4.69, 9.17) is 11.6 Å². The Labute approximate surface area is 116 Å². The molecule has 1 N–H and O–H groups in total.